The van der Waals surface area contributed by atoms with Crippen molar-refractivity contribution in [1.29, 1.82) is 0 Å². The molecule has 0 aromatic heterocycles. The third-order valence-electron chi connectivity index (χ3n) is 3.81. The molecule has 0 saturated heterocycles. The van der Waals surface area contributed by atoms with Gasteiger partial charge in [-0.15, -0.1) is 0 Å². The van der Waals surface area contributed by atoms with Gasteiger partial charge in [-0.2, -0.15) is 4.99 Å². The standard InChI is InChI=1S/C19H22FN3O4S2.C3H8.2C2H6/c1-3-9-28-19(22)23-18(24)14-11-13(7-8-15(14)21)27-16-6-4-5-12(20)10-17(16)29(2,25)26;1-3-2;2*1-2/h3,7-11H,4-6,21H2,1-2H3,(H2,22,23,24);3H2,1-2H3;2*1-2H3/b9-3+;;;. The number of nitrogens with two attached hydrogens (primary N) is 2. The van der Waals surface area contributed by atoms with Gasteiger partial charge in [-0.3, -0.25) is 4.79 Å². The van der Waals surface area contributed by atoms with Crippen molar-refractivity contribution in [2.24, 2.45) is 10.7 Å². The number of amides is 1. The predicted octanol–water partition coefficient (Wildman–Crippen LogP) is 7.13. The van der Waals surface area contributed by atoms with Crippen LogP contribution in [-0.2, 0) is 9.84 Å². The topological polar surface area (TPSA) is 125 Å². The molecular formula is C26H42FN3O4S2. The number of rotatable bonds is 5. The molecule has 7 nitrogen and oxygen atoms in total. The molecule has 1 aromatic rings. The maximum Gasteiger partial charge on any atom is 0.281 e. The summed E-state index contributed by atoms with van der Waals surface area (Å²) >= 11 is 1.08. The van der Waals surface area contributed by atoms with E-state index in [2.05, 4.69) is 18.8 Å². The van der Waals surface area contributed by atoms with E-state index >= 15 is 0 Å². The van der Waals surface area contributed by atoms with Gasteiger partial charge < -0.3 is 16.2 Å². The molecule has 1 amide bonds. The van der Waals surface area contributed by atoms with Crippen LogP contribution in [-0.4, -0.2) is 25.7 Å². The highest BCUT2D eigenvalue weighted by atomic mass is 32.2. The number of carbonyl (C=O) groups is 1. The van der Waals surface area contributed by atoms with Gasteiger partial charge in [0, 0.05) is 18.4 Å². The Morgan fingerprint density at radius 2 is 1.78 bits per heavy atom. The van der Waals surface area contributed by atoms with E-state index in [4.69, 9.17) is 16.2 Å². The van der Waals surface area contributed by atoms with Crippen molar-refractivity contribution in [2.45, 2.75) is 74.1 Å². The largest absolute Gasteiger partial charge is 0.460 e. The number of carbonyl (C=O) groups excluding carboxylic acids is 1. The third-order valence-corrected chi connectivity index (χ3v) is 5.70. The van der Waals surface area contributed by atoms with Gasteiger partial charge in [0.2, 0.25) is 0 Å². The number of allylic oxidation sites excluding steroid dienone is 4. The van der Waals surface area contributed by atoms with E-state index < -0.39 is 21.6 Å². The predicted molar refractivity (Wildman–Crippen MR) is 153 cm³/mol. The zero-order chi connectivity index (χ0) is 28.3. The molecule has 0 fully saturated rings. The van der Waals surface area contributed by atoms with E-state index in [0.29, 0.717) is 6.42 Å². The van der Waals surface area contributed by atoms with Crippen LogP contribution in [0.1, 0.15) is 84.5 Å². The fourth-order valence-corrected chi connectivity index (χ4v) is 3.81. The molecule has 0 spiro atoms. The molecule has 0 aliphatic heterocycles. The maximum absolute atomic E-state index is 13.8. The fourth-order valence-electron chi connectivity index (χ4n) is 2.50. The van der Waals surface area contributed by atoms with Gasteiger partial charge in [-0.05, 0) is 49.4 Å². The summed E-state index contributed by atoms with van der Waals surface area (Å²) in [6, 6.07) is 4.29. The van der Waals surface area contributed by atoms with Gasteiger partial charge in [-0.25, -0.2) is 12.8 Å². The third kappa shape index (κ3) is 13.5. The van der Waals surface area contributed by atoms with Gasteiger partial charge in [0.25, 0.3) is 5.91 Å². The first-order valence-electron chi connectivity index (χ1n) is 12.1. The Kier molecular flexibility index (Phi) is 19.3. The minimum Gasteiger partial charge on any atom is -0.460 e. The molecule has 204 valence electrons. The molecule has 0 saturated carbocycles. The van der Waals surface area contributed by atoms with Crippen LogP contribution in [0, 0.1) is 0 Å². The summed E-state index contributed by atoms with van der Waals surface area (Å²) in [5.41, 5.74) is 11.8. The quantitative estimate of drug-likeness (QED) is 0.230. The van der Waals surface area contributed by atoms with Gasteiger partial charge in [-0.1, -0.05) is 65.8 Å². The first-order chi connectivity index (χ1) is 17.0. The van der Waals surface area contributed by atoms with Crippen LogP contribution in [0.3, 0.4) is 0 Å². The number of ether oxygens (including phenoxy) is 1. The second-order valence-electron chi connectivity index (χ2n) is 6.91. The molecule has 0 atom stereocenters. The smallest absolute Gasteiger partial charge is 0.281 e. The van der Waals surface area contributed by atoms with Crippen molar-refractivity contribution in [3.05, 3.63) is 57.8 Å². The number of amidine groups is 1. The monoisotopic (exact) mass is 543 g/mol. The van der Waals surface area contributed by atoms with Crippen LogP contribution in [0.2, 0.25) is 0 Å². The molecule has 2 rings (SSSR count). The number of thioether (sulfide) groups is 1. The van der Waals surface area contributed by atoms with Crippen molar-refractivity contribution in [2.75, 3.05) is 12.0 Å². The first-order valence-corrected chi connectivity index (χ1v) is 14.8. The van der Waals surface area contributed by atoms with Crippen molar-refractivity contribution >= 4 is 38.4 Å². The van der Waals surface area contributed by atoms with Gasteiger partial charge in [0.15, 0.2) is 15.0 Å². The summed E-state index contributed by atoms with van der Waals surface area (Å²) in [7, 11) is -3.71. The van der Waals surface area contributed by atoms with Crippen LogP contribution >= 0.6 is 11.8 Å². The second-order valence-corrected chi connectivity index (χ2v) is 9.82. The van der Waals surface area contributed by atoms with Crippen molar-refractivity contribution in [3.8, 4) is 5.75 Å². The SMILES string of the molecule is C/C=C/SC(N)=NC(=O)c1cc(OC2=C(S(C)(=O)=O)C=C(F)CCC2)ccc1N.CC.CC.CCC. The Morgan fingerprint density at radius 1 is 1.19 bits per heavy atom. The van der Waals surface area contributed by atoms with Crippen molar-refractivity contribution in [3.63, 3.8) is 0 Å². The number of benzene rings is 1. The molecule has 0 radical (unpaired) electrons. The summed E-state index contributed by atoms with van der Waals surface area (Å²) in [6.45, 7) is 14.1. The van der Waals surface area contributed by atoms with E-state index in [1.54, 1.807) is 18.4 Å². The molecular weight excluding hydrogens is 501 g/mol. The summed E-state index contributed by atoms with van der Waals surface area (Å²) in [4.78, 5) is 16.0. The number of sulfone groups is 1. The van der Waals surface area contributed by atoms with Gasteiger partial charge in [0.1, 0.15) is 22.2 Å². The fraction of sp³-hybridized carbons (Fsp3) is 0.462. The summed E-state index contributed by atoms with van der Waals surface area (Å²) < 4.78 is 43.6. The number of halogens is 1. The van der Waals surface area contributed by atoms with Gasteiger partial charge >= 0.3 is 0 Å². The lowest BCUT2D eigenvalue weighted by Gasteiger charge is -2.13. The van der Waals surface area contributed by atoms with Crippen LogP contribution in [0.25, 0.3) is 0 Å². The minimum absolute atomic E-state index is 0.0465. The molecule has 1 aromatic carbocycles. The zero-order valence-corrected chi connectivity index (χ0v) is 24.4. The number of hydrogen-bond acceptors (Lipinski definition) is 6. The van der Waals surface area contributed by atoms with Crippen molar-refractivity contribution < 1.29 is 22.3 Å². The van der Waals surface area contributed by atoms with Crippen molar-refractivity contribution in [1.82, 2.24) is 0 Å². The number of nitrogens with zero attached hydrogens (tertiary/aromatic N) is 1. The van der Waals surface area contributed by atoms with E-state index in [9.17, 15) is 17.6 Å². The summed E-state index contributed by atoms with van der Waals surface area (Å²) in [6.07, 6.45) is 5.70. The van der Waals surface area contributed by atoms with E-state index in [0.717, 1.165) is 24.1 Å². The normalized spacial score (nSPS) is 13.7. The molecule has 36 heavy (non-hydrogen) atoms. The Balaban J connectivity index is 0. The minimum atomic E-state index is -3.71. The first kappa shape index (κ1) is 35.6. The number of aliphatic imine (C=N–C) groups is 1. The average molecular weight is 544 g/mol. The van der Waals surface area contributed by atoms with E-state index in [-0.39, 0.29) is 45.7 Å². The Bertz CT molecular complexity index is 1050. The lowest BCUT2D eigenvalue weighted by Crippen LogP contribution is -2.11. The molecule has 0 heterocycles. The van der Waals surface area contributed by atoms with E-state index in [1.807, 2.05) is 27.7 Å². The maximum atomic E-state index is 13.8. The highest BCUT2D eigenvalue weighted by Crippen LogP contribution is 2.30. The second kappa shape index (κ2) is 19.6. The van der Waals surface area contributed by atoms with Gasteiger partial charge in [0.05, 0.1) is 5.56 Å². The lowest BCUT2D eigenvalue weighted by atomic mass is 10.1. The highest BCUT2D eigenvalue weighted by molar-refractivity contribution is 8.16. The summed E-state index contributed by atoms with van der Waals surface area (Å²) in [5.74, 6) is -0.897. The van der Waals surface area contributed by atoms with E-state index in [1.165, 1.54) is 24.6 Å². The van der Waals surface area contributed by atoms with Crippen LogP contribution < -0.4 is 16.2 Å². The van der Waals surface area contributed by atoms with Crippen LogP contribution in [0.15, 0.2) is 57.2 Å². The molecule has 0 bridgehead atoms. The van der Waals surface area contributed by atoms with Crippen LogP contribution in [0.5, 0.6) is 5.75 Å². The molecule has 10 heteroatoms. The molecule has 1 aliphatic carbocycles. The number of hydrogen-bond donors (Lipinski definition) is 2. The summed E-state index contributed by atoms with van der Waals surface area (Å²) in [5, 5.41) is 1.72. The number of nitrogen functional groups attached to an aromatic ring is 1. The highest BCUT2D eigenvalue weighted by Gasteiger charge is 2.22. The Hall–Kier alpha value is -2.59. The molecule has 0 unspecified atom stereocenters. The molecule has 4 N–H and O–H groups in total. The van der Waals surface area contributed by atoms with Crippen LogP contribution in [0.4, 0.5) is 10.1 Å². The number of anilines is 1. The molecule has 1 aliphatic rings. The Morgan fingerprint density at radius 3 is 2.31 bits per heavy atom. The zero-order valence-electron chi connectivity index (χ0n) is 22.7. The lowest BCUT2D eigenvalue weighted by molar-refractivity contribution is 0.100. The Labute approximate surface area is 220 Å². The average Bonchev–Trinajstić information content (AvgIpc) is 3.03.